The first kappa shape index (κ1) is 22.0. The minimum Gasteiger partial charge on any atom is -0.390 e. The topological polar surface area (TPSA) is 62.2 Å². The highest BCUT2D eigenvalue weighted by Crippen LogP contribution is 2.54. The van der Waals surface area contributed by atoms with Crippen molar-refractivity contribution in [3.8, 4) is 0 Å². The van der Waals surface area contributed by atoms with Crippen LogP contribution in [0.3, 0.4) is 0 Å². The SMILES string of the molecule is CCC[C@@]12CC[C@@](O)(CC)C[C@@H]1CCCc1cc(C(=O)Nc3cccnc3C)ccc12. The van der Waals surface area contributed by atoms with E-state index < -0.39 is 5.60 Å². The first-order valence-corrected chi connectivity index (χ1v) is 12.0. The summed E-state index contributed by atoms with van der Waals surface area (Å²) in [7, 11) is 0. The predicted molar refractivity (Wildman–Crippen MR) is 125 cm³/mol. The molecule has 0 unspecified atom stereocenters. The minimum atomic E-state index is -0.506. The average Bonchev–Trinajstić information content (AvgIpc) is 2.92. The zero-order valence-electron chi connectivity index (χ0n) is 19.2. The fraction of sp³-hybridized carbons (Fsp3) is 0.556. The van der Waals surface area contributed by atoms with Crippen LogP contribution in [0.15, 0.2) is 36.5 Å². The number of nitrogens with one attached hydrogen (secondary N) is 1. The Morgan fingerprint density at radius 3 is 2.84 bits per heavy atom. The molecule has 1 fully saturated rings. The fourth-order valence-electron chi connectivity index (χ4n) is 6.16. The number of carbonyl (C=O) groups is 1. The number of aryl methyl sites for hydroxylation is 2. The van der Waals surface area contributed by atoms with Gasteiger partial charge in [0.15, 0.2) is 0 Å². The number of pyridine rings is 1. The second-order valence-corrected chi connectivity index (χ2v) is 9.74. The lowest BCUT2D eigenvalue weighted by atomic mass is 9.56. The van der Waals surface area contributed by atoms with Crippen LogP contribution in [0.5, 0.6) is 0 Å². The second-order valence-electron chi connectivity index (χ2n) is 9.74. The van der Waals surface area contributed by atoms with Gasteiger partial charge in [-0.15, -0.1) is 0 Å². The van der Waals surface area contributed by atoms with Gasteiger partial charge in [0.1, 0.15) is 0 Å². The third kappa shape index (κ3) is 4.15. The maximum atomic E-state index is 13.0. The molecular weight excluding hydrogens is 384 g/mol. The van der Waals surface area contributed by atoms with Crippen LogP contribution in [0.1, 0.15) is 92.4 Å². The van der Waals surface area contributed by atoms with Crippen molar-refractivity contribution in [2.24, 2.45) is 5.92 Å². The van der Waals surface area contributed by atoms with E-state index in [9.17, 15) is 9.90 Å². The zero-order chi connectivity index (χ0) is 22.1. The van der Waals surface area contributed by atoms with Gasteiger partial charge >= 0.3 is 0 Å². The molecule has 1 amide bonds. The normalized spacial score (nSPS) is 27.7. The van der Waals surface area contributed by atoms with Gasteiger partial charge in [-0.1, -0.05) is 26.3 Å². The number of aliphatic hydroxyl groups is 1. The molecule has 0 radical (unpaired) electrons. The van der Waals surface area contributed by atoms with E-state index in [1.54, 1.807) is 6.20 Å². The molecule has 0 bridgehead atoms. The number of rotatable bonds is 5. The molecule has 0 aliphatic heterocycles. The van der Waals surface area contributed by atoms with Crippen molar-refractivity contribution in [1.29, 1.82) is 0 Å². The number of aromatic nitrogens is 1. The van der Waals surface area contributed by atoms with Gasteiger partial charge in [0.25, 0.3) is 5.91 Å². The van der Waals surface area contributed by atoms with Crippen LogP contribution in [0.4, 0.5) is 5.69 Å². The van der Waals surface area contributed by atoms with Gasteiger partial charge in [0.05, 0.1) is 17.0 Å². The molecule has 31 heavy (non-hydrogen) atoms. The molecule has 2 aliphatic rings. The summed E-state index contributed by atoms with van der Waals surface area (Å²) in [4.78, 5) is 17.2. The number of carbonyl (C=O) groups excluding carboxylic acids is 1. The highest BCUT2D eigenvalue weighted by molar-refractivity contribution is 6.04. The molecule has 1 saturated carbocycles. The van der Waals surface area contributed by atoms with E-state index in [0.29, 0.717) is 11.5 Å². The molecular formula is C27H36N2O2. The molecule has 2 aromatic rings. The Labute approximate surface area is 186 Å². The quantitative estimate of drug-likeness (QED) is 0.627. The van der Waals surface area contributed by atoms with Crippen molar-refractivity contribution in [1.82, 2.24) is 4.98 Å². The van der Waals surface area contributed by atoms with Crippen LogP contribution >= 0.6 is 0 Å². The van der Waals surface area contributed by atoms with Crippen molar-refractivity contribution in [2.75, 3.05) is 5.32 Å². The molecule has 4 heteroatoms. The van der Waals surface area contributed by atoms with Gasteiger partial charge in [-0.3, -0.25) is 9.78 Å². The first-order valence-electron chi connectivity index (χ1n) is 12.0. The summed E-state index contributed by atoms with van der Waals surface area (Å²) in [6.45, 7) is 6.29. The Hall–Kier alpha value is -2.20. The average molecular weight is 421 g/mol. The molecule has 4 rings (SSSR count). The van der Waals surface area contributed by atoms with Crippen LogP contribution in [0.25, 0.3) is 0 Å². The predicted octanol–water partition coefficient (Wildman–Crippen LogP) is 5.96. The Kier molecular flexibility index (Phi) is 6.20. The van der Waals surface area contributed by atoms with E-state index in [0.717, 1.165) is 69.2 Å². The van der Waals surface area contributed by atoms with Crippen LogP contribution in [0, 0.1) is 12.8 Å². The van der Waals surface area contributed by atoms with Crippen molar-refractivity contribution in [2.45, 2.75) is 89.6 Å². The summed E-state index contributed by atoms with van der Waals surface area (Å²) in [5.74, 6) is 0.443. The number of hydrogen-bond acceptors (Lipinski definition) is 3. The van der Waals surface area contributed by atoms with E-state index in [-0.39, 0.29) is 11.3 Å². The third-order valence-corrected chi connectivity index (χ3v) is 7.96. The molecule has 166 valence electrons. The molecule has 4 nitrogen and oxygen atoms in total. The lowest BCUT2D eigenvalue weighted by Gasteiger charge is -2.50. The maximum Gasteiger partial charge on any atom is 0.255 e. The number of hydrogen-bond donors (Lipinski definition) is 2. The monoisotopic (exact) mass is 420 g/mol. The Bertz CT molecular complexity index is 956. The minimum absolute atomic E-state index is 0.0757. The van der Waals surface area contributed by atoms with Crippen LogP contribution in [-0.2, 0) is 11.8 Å². The van der Waals surface area contributed by atoms with E-state index in [4.69, 9.17) is 0 Å². The van der Waals surface area contributed by atoms with Crippen LogP contribution in [0.2, 0.25) is 0 Å². The number of amides is 1. The molecule has 2 aliphatic carbocycles. The fourth-order valence-corrected chi connectivity index (χ4v) is 6.16. The molecule has 1 aromatic carbocycles. The molecule has 0 saturated heterocycles. The standard InChI is InChI=1S/C27H36N2O2/c1-4-13-27-15-14-26(31,5-2)18-22(27)9-6-8-20-17-21(11-12-23(20)27)25(30)29-24-10-7-16-28-19(24)3/h7,10-12,16-17,22,31H,4-6,8-9,13-15,18H2,1-3H3,(H,29,30)/t22-,26-,27+/m0/s1. The largest absolute Gasteiger partial charge is 0.390 e. The Morgan fingerprint density at radius 2 is 2.10 bits per heavy atom. The van der Waals surface area contributed by atoms with Gasteiger partial charge in [-0.2, -0.15) is 0 Å². The number of benzene rings is 1. The van der Waals surface area contributed by atoms with Crippen molar-refractivity contribution < 1.29 is 9.90 Å². The molecule has 2 N–H and O–H groups in total. The van der Waals surface area contributed by atoms with Crippen molar-refractivity contribution in [3.63, 3.8) is 0 Å². The number of nitrogens with zero attached hydrogens (tertiary/aromatic N) is 1. The highest BCUT2D eigenvalue weighted by atomic mass is 16.3. The van der Waals surface area contributed by atoms with Gasteiger partial charge in [-0.05, 0) is 105 Å². The highest BCUT2D eigenvalue weighted by Gasteiger charge is 2.49. The lowest BCUT2D eigenvalue weighted by Crippen LogP contribution is -2.47. The zero-order valence-corrected chi connectivity index (χ0v) is 19.2. The molecule has 0 spiro atoms. The molecule has 1 heterocycles. The van der Waals surface area contributed by atoms with E-state index in [1.807, 2.05) is 25.1 Å². The van der Waals surface area contributed by atoms with Crippen LogP contribution in [-0.4, -0.2) is 21.6 Å². The van der Waals surface area contributed by atoms with E-state index >= 15 is 0 Å². The van der Waals surface area contributed by atoms with E-state index in [2.05, 4.69) is 36.3 Å². The van der Waals surface area contributed by atoms with Crippen LogP contribution < -0.4 is 5.32 Å². The summed E-state index contributed by atoms with van der Waals surface area (Å²) in [6, 6.07) is 10.1. The van der Waals surface area contributed by atoms with Gasteiger partial charge in [0, 0.05) is 11.8 Å². The Morgan fingerprint density at radius 1 is 1.26 bits per heavy atom. The van der Waals surface area contributed by atoms with Gasteiger partial charge < -0.3 is 10.4 Å². The van der Waals surface area contributed by atoms with Gasteiger partial charge in [0.2, 0.25) is 0 Å². The smallest absolute Gasteiger partial charge is 0.255 e. The van der Waals surface area contributed by atoms with Crippen molar-refractivity contribution in [3.05, 3.63) is 58.9 Å². The number of fused-ring (bicyclic) bond motifs is 3. The molecule has 3 atom stereocenters. The first-order chi connectivity index (χ1) is 14.9. The van der Waals surface area contributed by atoms with Gasteiger partial charge in [-0.25, -0.2) is 0 Å². The maximum absolute atomic E-state index is 13.0. The third-order valence-electron chi connectivity index (χ3n) is 7.96. The summed E-state index contributed by atoms with van der Waals surface area (Å²) in [5.41, 5.74) is 4.69. The second kappa shape index (κ2) is 8.74. The summed E-state index contributed by atoms with van der Waals surface area (Å²) >= 11 is 0. The van der Waals surface area contributed by atoms with E-state index in [1.165, 1.54) is 11.1 Å². The summed E-state index contributed by atoms with van der Waals surface area (Å²) < 4.78 is 0. The summed E-state index contributed by atoms with van der Waals surface area (Å²) in [5, 5.41) is 14.1. The summed E-state index contributed by atoms with van der Waals surface area (Å²) in [6.07, 6.45) is 11.0. The molecule has 1 aromatic heterocycles. The number of anilines is 1. The van der Waals surface area contributed by atoms with Crippen molar-refractivity contribution >= 4 is 11.6 Å². The lowest BCUT2D eigenvalue weighted by molar-refractivity contribution is -0.0517. The Balaban J connectivity index is 1.67.